The Kier molecular flexibility index (Phi) is 7.29. The van der Waals surface area contributed by atoms with Gasteiger partial charge in [-0.3, -0.25) is 4.98 Å². The summed E-state index contributed by atoms with van der Waals surface area (Å²) in [5.74, 6) is -0.344. The monoisotopic (exact) mass is 478 g/mol. The Balaban J connectivity index is 1.75. The molecule has 0 aliphatic carbocycles. The minimum atomic E-state index is -0.344. The quantitative estimate of drug-likeness (QED) is 0.294. The van der Waals surface area contributed by atoms with E-state index in [4.69, 9.17) is 21.7 Å². The number of carbonyl (C=O) groups excluding carboxylic acids is 1. The second-order valence-electron chi connectivity index (χ2n) is 8.37. The van der Waals surface area contributed by atoms with Crippen LogP contribution in [0.3, 0.4) is 0 Å². The van der Waals surface area contributed by atoms with Gasteiger partial charge in [-0.15, -0.1) is 0 Å². The largest absolute Gasteiger partial charge is 0.465 e. The topological polar surface area (TPSA) is 68.6 Å². The number of nitrogens with one attached hydrogen (secondary N) is 1. The number of esters is 1. The molecule has 0 saturated carbocycles. The van der Waals surface area contributed by atoms with Crippen molar-refractivity contribution in [1.82, 2.24) is 19.8 Å². The standard InChI is InChI=1S/C26H30N4O3S/c1-17-16-21(18(2)30(17)20-11-9-19(10-12-20)25(31)33-4)24-23(22-8-5-6-13-27-22)28-26(34)29(24)14-7-15-32-3/h5-6,8-13,16,23-24H,7,14-15H2,1-4H3,(H,28,34)/t23-,24-/m0/s1. The summed E-state index contributed by atoms with van der Waals surface area (Å²) in [6.07, 6.45) is 2.69. The van der Waals surface area contributed by atoms with Crippen LogP contribution in [0.25, 0.3) is 5.69 Å². The van der Waals surface area contributed by atoms with Crippen molar-refractivity contribution < 1.29 is 14.3 Å². The minimum absolute atomic E-state index is 0.00597. The number of thiocarbonyl (C=S) groups is 1. The van der Waals surface area contributed by atoms with Gasteiger partial charge >= 0.3 is 5.97 Å². The second-order valence-corrected chi connectivity index (χ2v) is 8.75. The number of benzene rings is 1. The summed E-state index contributed by atoms with van der Waals surface area (Å²) in [7, 11) is 3.10. The molecule has 34 heavy (non-hydrogen) atoms. The molecule has 1 fully saturated rings. The molecule has 3 heterocycles. The highest BCUT2D eigenvalue weighted by Gasteiger charge is 2.41. The molecule has 1 aliphatic rings. The number of rotatable bonds is 8. The summed E-state index contributed by atoms with van der Waals surface area (Å²) in [4.78, 5) is 18.7. The second kappa shape index (κ2) is 10.4. The van der Waals surface area contributed by atoms with E-state index in [1.807, 2.05) is 36.5 Å². The number of hydrogen-bond donors (Lipinski definition) is 1. The Hall–Kier alpha value is -3.23. The third kappa shape index (κ3) is 4.56. The molecule has 7 nitrogen and oxygen atoms in total. The van der Waals surface area contributed by atoms with Gasteiger partial charge in [0.25, 0.3) is 0 Å². The molecule has 0 amide bonds. The number of methoxy groups -OCH3 is 2. The first-order valence-electron chi connectivity index (χ1n) is 11.3. The molecule has 0 radical (unpaired) electrons. The summed E-state index contributed by atoms with van der Waals surface area (Å²) in [5.41, 5.74) is 5.89. The van der Waals surface area contributed by atoms with Crippen LogP contribution in [0, 0.1) is 13.8 Å². The van der Waals surface area contributed by atoms with Crippen LogP contribution in [-0.4, -0.2) is 52.9 Å². The molecule has 4 rings (SSSR count). The number of ether oxygens (including phenoxy) is 2. The highest BCUT2D eigenvalue weighted by Crippen LogP contribution is 2.41. The van der Waals surface area contributed by atoms with Gasteiger partial charge in [0.1, 0.15) is 0 Å². The number of aryl methyl sites for hydroxylation is 1. The first-order valence-corrected chi connectivity index (χ1v) is 11.7. The number of aromatic nitrogens is 2. The van der Waals surface area contributed by atoms with E-state index in [2.05, 4.69) is 39.7 Å². The fourth-order valence-electron chi connectivity index (χ4n) is 4.71. The molecular formula is C26H30N4O3S. The Morgan fingerprint density at radius 3 is 2.56 bits per heavy atom. The molecule has 1 aliphatic heterocycles. The average Bonchev–Trinajstić information content (AvgIpc) is 3.34. The lowest BCUT2D eigenvalue weighted by Crippen LogP contribution is -2.31. The average molecular weight is 479 g/mol. The molecule has 178 valence electrons. The van der Waals surface area contributed by atoms with Crippen LogP contribution in [0.2, 0.25) is 0 Å². The lowest BCUT2D eigenvalue weighted by atomic mass is 9.96. The fourth-order valence-corrected chi connectivity index (χ4v) is 5.04. The zero-order valence-electron chi connectivity index (χ0n) is 19.9. The smallest absolute Gasteiger partial charge is 0.337 e. The van der Waals surface area contributed by atoms with Crippen molar-refractivity contribution in [3.05, 3.63) is 82.9 Å². The van der Waals surface area contributed by atoms with Crippen molar-refractivity contribution in [2.45, 2.75) is 32.4 Å². The van der Waals surface area contributed by atoms with Gasteiger partial charge in [-0.1, -0.05) is 6.07 Å². The maximum absolute atomic E-state index is 11.9. The lowest BCUT2D eigenvalue weighted by Gasteiger charge is -2.28. The van der Waals surface area contributed by atoms with Crippen LogP contribution in [0.4, 0.5) is 0 Å². The summed E-state index contributed by atoms with van der Waals surface area (Å²) < 4.78 is 12.3. The zero-order valence-corrected chi connectivity index (χ0v) is 20.8. The molecule has 1 N–H and O–H groups in total. The first kappa shape index (κ1) is 23.9. The number of pyridine rings is 1. The van der Waals surface area contributed by atoms with Crippen molar-refractivity contribution >= 4 is 23.3 Å². The van der Waals surface area contributed by atoms with Crippen molar-refractivity contribution in [3.8, 4) is 5.69 Å². The van der Waals surface area contributed by atoms with Crippen molar-refractivity contribution in [1.29, 1.82) is 0 Å². The van der Waals surface area contributed by atoms with E-state index < -0.39 is 0 Å². The van der Waals surface area contributed by atoms with E-state index in [0.717, 1.165) is 40.8 Å². The van der Waals surface area contributed by atoms with E-state index in [9.17, 15) is 4.79 Å². The number of hydrogen-bond acceptors (Lipinski definition) is 5. The van der Waals surface area contributed by atoms with E-state index in [1.165, 1.54) is 12.7 Å². The van der Waals surface area contributed by atoms with E-state index in [0.29, 0.717) is 12.2 Å². The Bertz CT molecular complexity index is 1160. The number of nitrogens with zero attached hydrogens (tertiary/aromatic N) is 3. The van der Waals surface area contributed by atoms with Gasteiger partial charge in [0.15, 0.2) is 5.11 Å². The van der Waals surface area contributed by atoms with Gasteiger partial charge in [0.2, 0.25) is 0 Å². The molecule has 2 atom stereocenters. The van der Waals surface area contributed by atoms with Crippen LogP contribution >= 0.6 is 12.2 Å². The van der Waals surface area contributed by atoms with Crippen molar-refractivity contribution in [2.24, 2.45) is 0 Å². The van der Waals surface area contributed by atoms with Gasteiger partial charge in [-0.2, -0.15) is 0 Å². The molecule has 2 aromatic heterocycles. The van der Waals surface area contributed by atoms with Crippen LogP contribution < -0.4 is 5.32 Å². The third-order valence-electron chi connectivity index (χ3n) is 6.28. The predicted molar refractivity (Wildman–Crippen MR) is 135 cm³/mol. The first-order chi connectivity index (χ1) is 16.5. The van der Waals surface area contributed by atoms with Crippen LogP contribution in [0.1, 0.15) is 51.5 Å². The summed E-state index contributed by atoms with van der Waals surface area (Å²) in [6.45, 7) is 5.67. The summed E-state index contributed by atoms with van der Waals surface area (Å²) >= 11 is 5.77. The molecule has 0 bridgehead atoms. The van der Waals surface area contributed by atoms with Crippen molar-refractivity contribution in [2.75, 3.05) is 27.4 Å². The molecule has 0 spiro atoms. The summed E-state index contributed by atoms with van der Waals surface area (Å²) in [5, 5.41) is 4.24. The minimum Gasteiger partial charge on any atom is -0.465 e. The molecule has 1 saturated heterocycles. The van der Waals surface area contributed by atoms with Gasteiger partial charge < -0.3 is 24.3 Å². The third-order valence-corrected chi connectivity index (χ3v) is 6.63. The molecular weight excluding hydrogens is 448 g/mol. The van der Waals surface area contributed by atoms with Crippen molar-refractivity contribution in [3.63, 3.8) is 0 Å². The molecule has 0 unspecified atom stereocenters. The van der Waals surface area contributed by atoms with E-state index >= 15 is 0 Å². The van der Waals surface area contributed by atoms with E-state index in [-0.39, 0.29) is 18.1 Å². The van der Waals surface area contributed by atoms with Gasteiger partial charge in [-0.05, 0) is 80.5 Å². The lowest BCUT2D eigenvalue weighted by molar-refractivity contribution is 0.0600. The van der Waals surface area contributed by atoms with Crippen LogP contribution in [0.15, 0.2) is 54.7 Å². The highest BCUT2D eigenvalue weighted by molar-refractivity contribution is 7.80. The highest BCUT2D eigenvalue weighted by atomic mass is 32.1. The Morgan fingerprint density at radius 2 is 1.91 bits per heavy atom. The summed E-state index contributed by atoms with van der Waals surface area (Å²) in [6, 6.07) is 15.6. The maximum atomic E-state index is 11.9. The normalized spacial score (nSPS) is 17.6. The van der Waals surface area contributed by atoms with Crippen LogP contribution in [-0.2, 0) is 9.47 Å². The maximum Gasteiger partial charge on any atom is 0.337 e. The van der Waals surface area contributed by atoms with Gasteiger partial charge in [0.05, 0.1) is 30.5 Å². The molecule has 1 aromatic carbocycles. The zero-order chi connectivity index (χ0) is 24.2. The number of carbonyl (C=O) groups is 1. The van der Waals surface area contributed by atoms with Gasteiger partial charge in [0, 0.05) is 43.5 Å². The van der Waals surface area contributed by atoms with Crippen LogP contribution in [0.5, 0.6) is 0 Å². The Labute approximate surface area is 205 Å². The Morgan fingerprint density at radius 1 is 1.15 bits per heavy atom. The SMILES string of the molecule is COCCCN1C(=S)N[C@@H](c2ccccn2)[C@@H]1c1cc(C)n(-c2ccc(C(=O)OC)cc2)c1C. The molecule has 8 heteroatoms. The predicted octanol–water partition coefficient (Wildman–Crippen LogP) is 4.28. The van der Waals surface area contributed by atoms with E-state index in [1.54, 1.807) is 19.2 Å². The van der Waals surface area contributed by atoms with Gasteiger partial charge in [-0.25, -0.2) is 4.79 Å². The fraction of sp³-hybridized carbons (Fsp3) is 0.346. The molecule has 3 aromatic rings.